The van der Waals surface area contributed by atoms with E-state index in [0.29, 0.717) is 18.8 Å². The number of fused-ring (bicyclic) bond motifs is 1. The molecule has 1 amide bonds. The Balaban J connectivity index is 2.05. The first kappa shape index (κ1) is 18.8. The zero-order valence-electron chi connectivity index (χ0n) is 15.7. The number of methoxy groups -OCH3 is 1. The van der Waals surface area contributed by atoms with Crippen LogP contribution in [0.4, 0.5) is 0 Å². The Labute approximate surface area is 157 Å². The van der Waals surface area contributed by atoms with E-state index in [1.807, 2.05) is 44.2 Å². The van der Waals surface area contributed by atoms with Crippen molar-refractivity contribution in [3.63, 3.8) is 0 Å². The monoisotopic (exact) mass is 365 g/mol. The van der Waals surface area contributed by atoms with Crippen LogP contribution in [0.15, 0.2) is 53.5 Å². The Morgan fingerprint density at radius 1 is 1.26 bits per heavy atom. The van der Waals surface area contributed by atoms with Crippen LogP contribution in [0.3, 0.4) is 0 Å². The van der Waals surface area contributed by atoms with Crippen LogP contribution in [0.1, 0.15) is 28.4 Å². The summed E-state index contributed by atoms with van der Waals surface area (Å²) in [6, 6.07) is 13.0. The summed E-state index contributed by atoms with van der Waals surface area (Å²) < 4.78 is 6.60. The number of hydrogen-bond acceptors (Lipinski definition) is 4. The lowest BCUT2D eigenvalue weighted by Gasteiger charge is -2.15. The number of amides is 1. The zero-order chi connectivity index (χ0) is 19.4. The van der Waals surface area contributed by atoms with Crippen LogP contribution in [0, 0.1) is 6.92 Å². The lowest BCUT2D eigenvalue weighted by atomic mass is 10.1. The molecule has 0 saturated heterocycles. The summed E-state index contributed by atoms with van der Waals surface area (Å²) in [5.74, 6) is -0.409. The van der Waals surface area contributed by atoms with E-state index < -0.39 is 5.91 Å². The standard InChI is InChI=1S/C21H23N3O3/c1-14-6-8-16(9-7-14)12-24-19-17(5-4-10-22-19)11-18(21(24)26)20(25)23-15(2)13-27-3/h4-11,15H,12-13H2,1-3H3,(H,23,25)/t15-/m1/s1. The first-order valence-electron chi connectivity index (χ1n) is 8.83. The van der Waals surface area contributed by atoms with Crippen molar-refractivity contribution in [1.29, 1.82) is 0 Å². The number of rotatable bonds is 6. The number of benzene rings is 1. The molecule has 140 valence electrons. The van der Waals surface area contributed by atoms with Gasteiger partial charge in [-0.25, -0.2) is 4.98 Å². The Hall–Kier alpha value is -2.99. The van der Waals surface area contributed by atoms with Gasteiger partial charge in [0.2, 0.25) is 0 Å². The van der Waals surface area contributed by atoms with Gasteiger partial charge in [0.05, 0.1) is 13.2 Å². The van der Waals surface area contributed by atoms with E-state index in [1.165, 1.54) is 0 Å². The largest absolute Gasteiger partial charge is 0.383 e. The maximum Gasteiger partial charge on any atom is 0.265 e. The van der Waals surface area contributed by atoms with Gasteiger partial charge in [-0.1, -0.05) is 29.8 Å². The molecular weight excluding hydrogens is 342 g/mol. The third kappa shape index (κ3) is 4.23. The van der Waals surface area contributed by atoms with Gasteiger partial charge >= 0.3 is 0 Å². The van der Waals surface area contributed by atoms with E-state index in [4.69, 9.17) is 4.74 Å². The summed E-state index contributed by atoms with van der Waals surface area (Å²) in [4.78, 5) is 30.1. The molecule has 1 aromatic carbocycles. The van der Waals surface area contributed by atoms with E-state index in [1.54, 1.807) is 30.0 Å². The highest BCUT2D eigenvalue weighted by Gasteiger charge is 2.18. The van der Waals surface area contributed by atoms with Crippen LogP contribution < -0.4 is 10.9 Å². The van der Waals surface area contributed by atoms with Gasteiger partial charge in [-0.2, -0.15) is 0 Å². The van der Waals surface area contributed by atoms with Crippen LogP contribution in [0.2, 0.25) is 0 Å². The molecule has 0 fully saturated rings. The number of aryl methyl sites for hydroxylation is 1. The minimum Gasteiger partial charge on any atom is -0.383 e. The molecule has 1 N–H and O–H groups in total. The number of aromatic nitrogens is 2. The van der Waals surface area contributed by atoms with Crippen LogP contribution in [0.5, 0.6) is 0 Å². The molecule has 0 radical (unpaired) electrons. The first-order chi connectivity index (χ1) is 13.0. The molecule has 6 heteroatoms. The molecule has 6 nitrogen and oxygen atoms in total. The maximum atomic E-state index is 13.1. The highest BCUT2D eigenvalue weighted by Crippen LogP contribution is 2.13. The normalized spacial score (nSPS) is 12.1. The minimum atomic E-state index is -0.409. The number of carbonyl (C=O) groups is 1. The third-order valence-electron chi connectivity index (χ3n) is 4.35. The summed E-state index contributed by atoms with van der Waals surface area (Å²) in [5.41, 5.74) is 2.42. The lowest BCUT2D eigenvalue weighted by Crippen LogP contribution is -2.39. The average molecular weight is 365 g/mol. The fourth-order valence-corrected chi connectivity index (χ4v) is 2.99. The molecule has 0 unspecified atom stereocenters. The molecule has 0 bridgehead atoms. The van der Waals surface area contributed by atoms with Gasteiger partial charge in [0.25, 0.3) is 11.5 Å². The van der Waals surface area contributed by atoms with E-state index in [0.717, 1.165) is 16.5 Å². The molecule has 2 aromatic heterocycles. The Morgan fingerprint density at radius 3 is 2.70 bits per heavy atom. The van der Waals surface area contributed by atoms with Crippen molar-refractivity contribution in [2.45, 2.75) is 26.4 Å². The van der Waals surface area contributed by atoms with Crippen LogP contribution in [-0.4, -0.2) is 35.2 Å². The maximum absolute atomic E-state index is 13.1. The number of nitrogens with zero attached hydrogens (tertiary/aromatic N) is 2. The number of pyridine rings is 2. The van der Waals surface area contributed by atoms with Crippen molar-refractivity contribution < 1.29 is 9.53 Å². The lowest BCUT2D eigenvalue weighted by molar-refractivity contribution is 0.0903. The van der Waals surface area contributed by atoms with Crippen LogP contribution >= 0.6 is 0 Å². The molecule has 3 rings (SSSR count). The summed E-state index contributed by atoms with van der Waals surface area (Å²) in [5, 5.41) is 3.55. The van der Waals surface area contributed by atoms with Gasteiger partial charge in [-0.3, -0.25) is 14.2 Å². The van der Waals surface area contributed by atoms with E-state index >= 15 is 0 Å². The van der Waals surface area contributed by atoms with Gasteiger partial charge in [0, 0.05) is 24.7 Å². The van der Waals surface area contributed by atoms with Crippen molar-refractivity contribution in [2.75, 3.05) is 13.7 Å². The van der Waals surface area contributed by atoms with Gasteiger partial charge in [0.15, 0.2) is 0 Å². The molecule has 1 atom stereocenters. The number of hydrogen-bond donors (Lipinski definition) is 1. The topological polar surface area (TPSA) is 73.2 Å². The SMILES string of the molecule is COC[C@@H](C)NC(=O)c1cc2cccnc2n(Cc2ccc(C)cc2)c1=O. The van der Waals surface area contributed by atoms with Gasteiger partial charge in [-0.05, 0) is 37.6 Å². The Bertz CT molecular complexity index is 1010. The molecule has 2 heterocycles. The fourth-order valence-electron chi connectivity index (χ4n) is 2.99. The minimum absolute atomic E-state index is 0.102. The summed E-state index contributed by atoms with van der Waals surface area (Å²) in [6.07, 6.45) is 1.65. The second-order valence-corrected chi connectivity index (χ2v) is 6.68. The van der Waals surface area contributed by atoms with Crippen LogP contribution in [0.25, 0.3) is 11.0 Å². The predicted octanol–water partition coefficient (Wildman–Crippen LogP) is 2.52. The smallest absolute Gasteiger partial charge is 0.265 e. The molecule has 3 aromatic rings. The highest BCUT2D eigenvalue weighted by atomic mass is 16.5. The molecule has 0 aliphatic rings. The molecule has 0 saturated carbocycles. The average Bonchev–Trinajstić information content (AvgIpc) is 2.65. The number of ether oxygens (including phenoxy) is 1. The Morgan fingerprint density at radius 2 is 2.00 bits per heavy atom. The Kier molecular flexibility index (Phi) is 5.66. The van der Waals surface area contributed by atoms with Gasteiger partial charge < -0.3 is 10.1 Å². The quantitative estimate of drug-likeness (QED) is 0.728. The highest BCUT2D eigenvalue weighted by molar-refractivity contribution is 5.97. The van der Waals surface area contributed by atoms with Gasteiger partial charge in [-0.15, -0.1) is 0 Å². The third-order valence-corrected chi connectivity index (χ3v) is 4.35. The predicted molar refractivity (Wildman–Crippen MR) is 105 cm³/mol. The van der Waals surface area contributed by atoms with Crippen molar-refractivity contribution >= 4 is 16.9 Å². The van der Waals surface area contributed by atoms with Crippen molar-refractivity contribution in [3.05, 3.63) is 75.7 Å². The van der Waals surface area contributed by atoms with E-state index in [-0.39, 0.29) is 17.2 Å². The van der Waals surface area contributed by atoms with Crippen molar-refractivity contribution in [1.82, 2.24) is 14.9 Å². The molecule has 0 aliphatic heterocycles. The van der Waals surface area contributed by atoms with E-state index in [9.17, 15) is 9.59 Å². The molecule has 27 heavy (non-hydrogen) atoms. The summed E-state index contributed by atoms with van der Waals surface area (Å²) in [6.45, 7) is 4.56. The van der Waals surface area contributed by atoms with Crippen molar-refractivity contribution in [2.24, 2.45) is 0 Å². The molecular formula is C21H23N3O3. The summed E-state index contributed by atoms with van der Waals surface area (Å²) in [7, 11) is 1.57. The zero-order valence-corrected chi connectivity index (χ0v) is 15.7. The summed E-state index contributed by atoms with van der Waals surface area (Å²) >= 11 is 0. The number of carbonyl (C=O) groups excluding carboxylic acids is 1. The van der Waals surface area contributed by atoms with Gasteiger partial charge in [0.1, 0.15) is 11.2 Å². The fraction of sp³-hybridized carbons (Fsp3) is 0.286. The molecule has 0 spiro atoms. The van der Waals surface area contributed by atoms with Crippen LogP contribution in [-0.2, 0) is 11.3 Å². The second-order valence-electron chi connectivity index (χ2n) is 6.68. The molecule has 0 aliphatic carbocycles. The first-order valence-corrected chi connectivity index (χ1v) is 8.83. The van der Waals surface area contributed by atoms with E-state index in [2.05, 4.69) is 10.3 Å². The number of nitrogens with one attached hydrogen (secondary N) is 1. The van der Waals surface area contributed by atoms with Crippen molar-refractivity contribution in [3.8, 4) is 0 Å². The second kappa shape index (κ2) is 8.14.